The lowest BCUT2D eigenvalue weighted by Gasteiger charge is -2.15. The smallest absolute Gasteiger partial charge is 0.291 e. The van der Waals surface area contributed by atoms with Gasteiger partial charge in [0.1, 0.15) is 22.7 Å². The quantitative estimate of drug-likeness (QED) is 0.693. The highest BCUT2D eigenvalue weighted by atomic mass is 32.1. The Morgan fingerprint density at radius 2 is 2.20 bits per heavy atom. The first-order valence-corrected chi connectivity index (χ1v) is 8.26. The summed E-state index contributed by atoms with van der Waals surface area (Å²) in [5.74, 6) is 0.964. The second-order valence-electron chi connectivity index (χ2n) is 6.03. The molecule has 0 radical (unpaired) electrons. The third-order valence-corrected chi connectivity index (χ3v) is 4.21. The maximum Gasteiger partial charge on any atom is 0.332 e. The number of hydrogen-bond acceptors (Lipinski definition) is 7. The molecular weight excluding hydrogens is 340 g/mol. The number of anilines is 1. The van der Waals surface area contributed by atoms with E-state index in [-0.39, 0.29) is 6.03 Å². The van der Waals surface area contributed by atoms with Gasteiger partial charge in [0, 0.05) is 13.6 Å². The van der Waals surface area contributed by atoms with E-state index in [9.17, 15) is 4.79 Å². The van der Waals surface area contributed by atoms with Crippen molar-refractivity contribution >= 4 is 35.8 Å². The Balaban J connectivity index is 1.56. The van der Waals surface area contributed by atoms with E-state index in [1.165, 1.54) is 4.31 Å². The number of carbonyl (C=O) groups excluding carboxylic acids is 1. The van der Waals surface area contributed by atoms with E-state index in [2.05, 4.69) is 43.4 Å². The molecule has 128 valence electrons. The highest BCUT2D eigenvalue weighted by Crippen LogP contribution is 2.30. The van der Waals surface area contributed by atoms with Gasteiger partial charge in [0.2, 0.25) is 0 Å². The van der Waals surface area contributed by atoms with Crippen LogP contribution in [0.25, 0.3) is 22.6 Å². The SMILES string of the molecule is Cn1cc(-c2cnc3ccc(NC(=O)N(S)CC4CC4)nc3n2)nn1. The monoisotopic (exact) mass is 356 g/mol. The number of rotatable bonds is 4. The van der Waals surface area contributed by atoms with Gasteiger partial charge in [-0.25, -0.2) is 14.8 Å². The number of aromatic nitrogens is 6. The number of carbonyl (C=O) groups is 1. The fourth-order valence-corrected chi connectivity index (χ4v) is 2.64. The molecule has 1 aliphatic carbocycles. The summed E-state index contributed by atoms with van der Waals surface area (Å²) in [5, 5.41) is 10.6. The number of hydrogen-bond donors (Lipinski definition) is 2. The first kappa shape index (κ1) is 15.8. The molecule has 1 N–H and O–H groups in total. The zero-order chi connectivity index (χ0) is 17.4. The molecule has 0 spiro atoms. The van der Waals surface area contributed by atoms with Gasteiger partial charge in [0.15, 0.2) is 5.65 Å². The molecule has 3 aromatic heterocycles. The minimum atomic E-state index is -0.305. The molecule has 3 heterocycles. The van der Waals surface area contributed by atoms with Crippen molar-refractivity contribution in [2.75, 3.05) is 11.9 Å². The van der Waals surface area contributed by atoms with Crippen molar-refractivity contribution in [1.29, 1.82) is 0 Å². The van der Waals surface area contributed by atoms with Crippen molar-refractivity contribution in [3.8, 4) is 11.4 Å². The molecule has 4 rings (SSSR count). The van der Waals surface area contributed by atoms with E-state index < -0.39 is 0 Å². The lowest BCUT2D eigenvalue weighted by Crippen LogP contribution is -2.29. The molecule has 3 aromatic rings. The summed E-state index contributed by atoms with van der Waals surface area (Å²) in [5.41, 5.74) is 2.24. The summed E-state index contributed by atoms with van der Waals surface area (Å²) in [6, 6.07) is 3.14. The Morgan fingerprint density at radius 3 is 2.92 bits per heavy atom. The Labute approximate surface area is 149 Å². The Hall–Kier alpha value is -2.75. The molecule has 0 aromatic carbocycles. The second-order valence-corrected chi connectivity index (χ2v) is 6.51. The molecule has 2 amide bonds. The number of urea groups is 1. The summed E-state index contributed by atoms with van der Waals surface area (Å²) in [4.78, 5) is 25.3. The van der Waals surface area contributed by atoms with Crippen molar-refractivity contribution in [2.45, 2.75) is 12.8 Å². The van der Waals surface area contributed by atoms with Crippen LogP contribution in [0.5, 0.6) is 0 Å². The third-order valence-electron chi connectivity index (χ3n) is 3.87. The number of nitrogens with zero attached hydrogens (tertiary/aromatic N) is 7. The topological polar surface area (TPSA) is 102 Å². The predicted octanol–water partition coefficient (Wildman–Crippen LogP) is 1.91. The number of thiol groups is 1. The van der Waals surface area contributed by atoms with E-state index in [0.717, 1.165) is 12.8 Å². The van der Waals surface area contributed by atoms with Crippen molar-refractivity contribution in [1.82, 2.24) is 34.3 Å². The van der Waals surface area contributed by atoms with Crippen LogP contribution in [0.3, 0.4) is 0 Å². The molecule has 9 nitrogen and oxygen atoms in total. The summed E-state index contributed by atoms with van der Waals surface area (Å²) in [6.45, 7) is 0.638. The maximum atomic E-state index is 12.1. The molecule has 0 aliphatic heterocycles. The highest BCUT2D eigenvalue weighted by molar-refractivity contribution is 7.78. The summed E-state index contributed by atoms with van der Waals surface area (Å²) in [6.07, 6.45) is 5.67. The third kappa shape index (κ3) is 3.53. The van der Waals surface area contributed by atoms with Gasteiger partial charge < -0.3 is 0 Å². The van der Waals surface area contributed by atoms with Gasteiger partial charge in [-0.05, 0) is 30.9 Å². The minimum absolute atomic E-state index is 0.305. The molecule has 0 unspecified atom stereocenters. The fraction of sp³-hybridized carbons (Fsp3) is 0.333. The lowest BCUT2D eigenvalue weighted by molar-refractivity contribution is 0.238. The Morgan fingerprint density at radius 1 is 1.36 bits per heavy atom. The molecule has 0 saturated heterocycles. The molecule has 1 fully saturated rings. The fourth-order valence-electron chi connectivity index (χ4n) is 2.36. The van der Waals surface area contributed by atoms with E-state index >= 15 is 0 Å². The average molecular weight is 356 g/mol. The van der Waals surface area contributed by atoms with Crippen molar-refractivity contribution < 1.29 is 4.79 Å². The molecule has 1 aliphatic rings. The first-order chi connectivity index (χ1) is 12.1. The van der Waals surface area contributed by atoms with Gasteiger partial charge in [-0.15, -0.1) is 5.10 Å². The second kappa shape index (κ2) is 6.28. The van der Waals surface area contributed by atoms with E-state index in [4.69, 9.17) is 0 Å². The highest BCUT2D eigenvalue weighted by Gasteiger charge is 2.25. The number of nitrogens with one attached hydrogen (secondary N) is 1. The van der Waals surface area contributed by atoms with Gasteiger partial charge in [0.25, 0.3) is 0 Å². The Bertz CT molecular complexity index is 938. The molecule has 10 heteroatoms. The van der Waals surface area contributed by atoms with Crippen LogP contribution in [0.2, 0.25) is 0 Å². The van der Waals surface area contributed by atoms with Gasteiger partial charge >= 0.3 is 6.03 Å². The lowest BCUT2D eigenvalue weighted by atomic mass is 10.3. The van der Waals surface area contributed by atoms with Crippen LogP contribution in [0.4, 0.5) is 10.6 Å². The molecule has 1 saturated carbocycles. The van der Waals surface area contributed by atoms with Crippen LogP contribution in [-0.2, 0) is 7.05 Å². The van der Waals surface area contributed by atoms with E-state index in [1.54, 1.807) is 36.3 Å². The van der Waals surface area contributed by atoms with Crippen LogP contribution < -0.4 is 5.32 Å². The van der Waals surface area contributed by atoms with Crippen molar-refractivity contribution in [3.05, 3.63) is 24.5 Å². The van der Waals surface area contributed by atoms with Crippen LogP contribution in [0.1, 0.15) is 12.8 Å². The number of amides is 2. The van der Waals surface area contributed by atoms with Gasteiger partial charge in [0.05, 0.1) is 12.4 Å². The standard InChI is InChI=1S/C15H16N8OS/c1-22-8-12(20-21-22)11-6-16-10-4-5-13(18-14(10)17-11)19-15(24)23(25)7-9-2-3-9/h4-6,8-9,25H,2-3,7H2,1H3,(H,17,18,19,24). The van der Waals surface area contributed by atoms with Crippen molar-refractivity contribution in [2.24, 2.45) is 13.0 Å². The zero-order valence-corrected chi connectivity index (χ0v) is 14.4. The molecule has 25 heavy (non-hydrogen) atoms. The zero-order valence-electron chi connectivity index (χ0n) is 13.5. The largest absolute Gasteiger partial charge is 0.332 e. The van der Waals surface area contributed by atoms with Gasteiger partial charge in [-0.2, -0.15) is 0 Å². The van der Waals surface area contributed by atoms with Crippen LogP contribution >= 0.6 is 12.8 Å². The van der Waals surface area contributed by atoms with Gasteiger partial charge in [-0.3, -0.25) is 19.3 Å². The van der Waals surface area contributed by atoms with Crippen LogP contribution in [0.15, 0.2) is 24.5 Å². The van der Waals surface area contributed by atoms with Gasteiger partial charge in [-0.1, -0.05) is 18.0 Å². The van der Waals surface area contributed by atoms with Crippen molar-refractivity contribution in [3.63, 3.8) is 0 Å². The Kier molecular flexibility index (Phi) is 3.96. The molecule has 0 atom stereocenters. The summed E-state index contributed by atoms with van der Waals surface area (Å²) < 4.78 is 2.97. The normalized spacial score (nSPS) is 13.8. The van der Waals surface area contributed by atoms with Crippen LogP contribution in [-0.4, -0.2) is 46.8 Å². The first-order valence-electron chi connectivity index (χ1n) is 7.86. The van der Waals surface area contributed by atoms with Crippen LogP contribution in [0, 0.1) is 5.92 Å². The molecular formula is C15H16N8OS. The maximum absolute atomic E-state index is 12.1. The average Bonchev–Trinajstić information content (AvgIpc) is 3.31. The number of aryl methyl sites for hydroxylation is 1. The molecule has 0 bridgehead atoms. The summed E-state index contributed by atoms with van der Waals surface area (Å²) >= 11 is 4.22. The van der Waals surface area contributed by atoms with E-state index in [1.807, 2.05) is 0 Å². The number of fused-ring (bicyclic) bond motifs is 1. The number of pyridine rings is 1. The minimum Gasteiger partial charge on any atom is -0.291 e. The summed E-state index contributed by atoms with van der Waals surface area (Å²) in [7, 11) is 1.78. The van der Waals surface area contributed by atoms with E-state index in [0.29, 0.717) is 40.8 Å². The predicted molar refractivity (Wildman–Crippen MR) is 94.8 cm³/mol.